The normalized spacial score (nSPS) is 17.9. The van der Waals surface area contributed by atoms with Crippen LogP contribution in [0.2, 0.25) is 0 Å². The van der Waals surface area contributed by atoms with Crippen molar-refractivity contribution in [3.05, 3.63) is 76.5 Å². The molecule has 3 heteroatoms. The van der Waals surface area contributed by atoms with Gasteiger partial charge in [-0.25, -0.2) is 9.78 Å². The first-order chi connectivity index (χ1) is 13.1. The summed E-state index contributed by atoms with van der Waals surface area (Å²) in [4.78, 5) is 17.0. The van der Waals surface area contributed by atoms with E-state index in [1.54, 1.807) is 0 Å². The molecule has 1 heterocycles. The Balaban J connectivity index is 1.93. The van der Waals surface area contributed by atoms with Crippen molar-refractivity contribution < 1.29 is 9.90 Å². The Labute approximate surface area is 159 Å². The highest BCUT2D eigenvalue weighted by atomic mass is 16.4. The van der Waals surface area contributed by atoms with Crippen LogP contribution >= 0.6 is 0 Å². The largest absolute Gasteiger partial charge is 0.478 e. The van der Waals surface area contributed by atoms with Crippen LogP contribution in [-0.2, 0) is 12.8 Å². The molecule has 0 radical (unpaired) electrons. The average molecular weight is 357 g/mol. The van der Waals surface area contributed by atoms with Gasteiger partial charge in [0.25, 0.3) is 0 Å². The Kier molecular flexibility index (Phi) is 4.53. The van der Waals surface area contributed by atoms with Gasteiger partial charge in [-0.3, -0.25) is 0 Å². The van der Waals surface area contributed by atoms with Gasteiger partial charge < -0.3 is 5.11 Å². The lowest BCUT2D eigenvalue weighted by Crippen LogP contribution is -2.17. The minimum Gasteiger partial charge on any atom is -0.478 e. The molecular formula is C24H23NO2. The number of aromatic nitrogens is 1. The molecule has 27 heavy (non-hydrogen) atoms. The second kappa shape index (κ2) is 6.99. The number of para-hydroxylation sites is 1. The van der Waals surface area contributed by atoms with Crippen molar-refractivity contribution in [3.8, 4) is 0 Å². The maximum absolute atomic E-state index is 12.1. The van der Waals surface area contributed by atoms with Crippen molar-refractivity contribution in [2.24, 2.45) is 5.92 Å². The number of carboxylic acids is 1. The minimum absolute atomic E-state index is 0.389. The third kappa shape index (κ3) is 3.25. The van der Waals surface area contributed by atoms with E-state index in [9.17, 15) is 9.90 Å². The number of allylic oxidation sites excluding steroid dienone is 1. The van der Waals surface area contributed by atoms with Gasteiger partial charge in [0.1, 0.15) is 0 Å². The fourth-order valence-corrected chi connectivity index (χ4v) is 4.03. The quantitative estimate of drug-likeness (QED) is 0.662. The van der Waals surface area contributed by atoms with E-state index in [0.29, 0.717) is 11.5 Å². The van der Waals surface area contributed by atoms with Crippen LogP contribution < -0.4 is 0 Å². The summed E-state index contributed by atoms with van der Waals surface area (Å²) in [5, 5.41) is 10.6. The Bertz CT molecular complexity index is 1050. The molecule has 3 aromatic rings. The highest BCUT2D eigenvalue weighted by Gasteiger charge is 2.27. The maximum Gasteiger partial charge on any atom is 0.336 e. The molecule has 0 saturated heterocycles. The van der Waals surface area contributed by atoms with Gasteiger partial charge in [0.15, 0.2) is 0 Å². The average Bonchev–Trinajstić information content (AvgIpc) is 2.66. The van der Waals surface area contributed by atoms with E-state index < -0.39 is 5.97 Å². The van der Waals surface area contributed by atoms with E-state index in [1.165, 1.54) is 5.56 Å². The molecule has 4 rings (SSSR count). The summed E-state index contributed by atoms with van der Waals surface area (Å²) in [7, 11) is 0. The molecule has 1 aliphatic rings. The Morgan fingerprint density at radius 1 is 1.15 bits per heavy atom. The highest BCUT2D eigenvalue weighted by molar-refractivity contribution is 6.05. The fraction of sp³-hybridized carbons (Fsp3) is 0.250. The summed E-state index contributed by atoms with van der Waals surface area (Å²) < 4.78 is 0. The minimum atomic E-state index is -0.870. The zero-order chi connectivity index (χ0) is 19.0. The molecule has 0 fully saturated rings. The number of nitrogens with zero attached hydrogens (tertiary/aromatic N) is 1. The molecule has 0 aliphatic heterocycles. The van der Waals surface area contributed by atoms with Crippen molar-refractivity contribution in [2.45, 2.75) is 33.1 Å². The highest BCUT2D eigenvalue weighted by Crippen LogP contribution is 2.38. The lowest BCUT2D eigenvalue weighted by atomic mass is 9.80. The molecular weight excluding hydrogens is 334 g/mol. The van der Waals surface area contributed by atoms with Gasteiger partial charge in [0.05, 0.1) is 16.8 Å². The summed E-state index contributed by atoms with van der Waals surface area (Å²) in [6.07, 6.45) is 4.85. The molecule has 1 unspecified atom stereocenters. The number of pyridine rings is 1. The molecule has 2 aromatic carbocycles. The van der Waals surface area contributed by atoms with Crippen molar-refractivity contribution in [3.63, 3.8) is 0 Å². The molecule has 136 valence electrons. The fourth-order valence-electron chi connectivity index (χ4n) is 4.03. The number of carboxylic acid groups (broad SMARTS) is 1. The van der Waals surface area contributed by atoms with Crippen molar-refractivity contribution in [2.75, 3.05) is 0 Å². The first kappa shape index (κ1) is 17.5. The predicted molar refractivity (Wildman–Crippen MR) is 110 cm³/mol. The molecule has 1 atom stereocenters. The molecule has 0 bridgehead atoms. The summed E-state index contributed by atoms with van der Waals surface area (Å²) in [6.45, 7) is 4.33. The number of aromatic carboxylic acids is 1. The molecule has 0 spiro atoms. The van der Waals surface area contributed by atoms with Crippen molar-refractivity contribution in [1.82, 2.24) is 4.98 Å². The molecule has 1 N–H and O–H groups in total. The number of rotatable bonds is 3. The van der Waals surface area contributed by atoms with E-state index in [4.69, 9.17) is 4.98 Å². The number of aryl methyl sites for hydroxylation is 1. The van der Waals surface area contributed by atoms with Crippen LogP contribution in [0.3, 0.4) is 0 Å². The van der Waals surface area contributed by atoms with Crippen LogP contribution in [0.4, 0.5) is 0 Å². The number of carbonyl (C=O) groups is 1. The van der Waals surface area contributed by atoms with Crippen LogP contribution in [0.15, 0.2) is 48.5 Å². The van der Waals surface area contributed by atoms with Crippen LogP contribution in [0.5, 0.6) is 0 Å². The third-order valence-electron chi connectivity index (χ3n) is 5.36. The Hall–Kier alpha value is -2.94. The van der Waals surface area contributed by atoms with E-state index in [-0.39, 0.29) is 0 Å². The maximum atomic E-state index is 12.1. The number of benzene rings is 2. The SMILES string of the molecule is CCc1ccc(/C=C2\CC(C)Cc3c2nc2ccccc2c3C(=O)O)cc1. The van der Waals surface area contributed by atoms with Crippen molar-refractivity contribution in [1.29, 1.82) is 0 Å². The lowest BCUT2D eigenvalue weighted by molar-refractivity contribution is 0.0697. The molecule has 1 aliphatic carbocycles. The zero-order valence-electron chi connectivity index (χ0n) is 15.7. The number of fused-ring (bicyclic) bond motifs is 2. The Morgan fingerprint density at radius 2 is 1.89 bits per heavy atom. The third-order valence-corrected chi connectivity index (χ3v) is 5.36. The molecule has 1 aromatic heterocycles. The van der Waals surface area contributed by atoms with E-state index in [1.807, 2.05) is 24.3 Å². The first-order valence-corrected chi connectivity index (χ1v) is 9.51. The molecule has 3 nitrogen and oxygen atoms in total. The summed E-state index contributed by atoms with van der Waals surface area (Å²) in [5.74, 6) is -0.481. The zero-order valence-corrected chi connectivity index (χ0v) is 15.7. The van der Waals surface area contributed by atoms with Gasteiger partial charge in [0.2, 0.25) is 0 Å². The Morgan fingerprint density at radius 3 is 2.59 bits per heavy atom. The molecule has 0 amide bonds. The van der Waals surface area contributed by atoms with Gasteiger partial charge in [0, 0.05) is 5.39 Å². The van der Waals surface area contributed by atoms with Crippen LogP contribution in [0.25, 0.3) is 22.6 Å². The van der Waals surface area contributed by atoms with E-state index >= 15 is 0 Å². The second-order valence-corrected chi connectivity index (χ2v) is 7.41. The first-order valence-electron chi connectivity index (χ1n) is 9.51. The van der Waals surface area contributed by atoms with E-state index in [0.717, 1.165) is 52.6 Å². The van der Waals surface area contributed by atoms with Crippen LogP contribution in [0, 0.1) is 5.92 Å². The summed E-state index contributed by atoms with van der Waals surface area (Å²) >= 11 is 0. The monoisotopic (exact) mass is 357 g/mol. The summed E-state index contributed by atoms with van der Waals surface area (Å²) in [6, 6.07) is 16.1. The van der Waals surface area contributed by atoms with E-state index in [2.05, 4.69) is 44.2 Å². The topological polar surface area (TPSA) is 50.2 Å². The smallest absolute Gasteiger partial charge is 0.336 e. The van der Waals surface area contributed by atoms with Crippen LogP contribution in [-0.4, -0.2) is 16.1 Å². The summed E-state index contributed by atoms with van der Waals surface area (Å²) in [5.41, 5.74) is 6.45. The van der Waals surface area contributed by atoms with Gasteiger partial charge >= 0.3 is 5.97 Å². The van der Waals surface area contributed by atoms with Gasteiger partial charge in [-0.1, -0.05) is 56.3 Å². The second-order valence-electron chi connectivity index (χ2n) is 7.41. The van der Waals surface area contributed by atoms with Gasteiger partial charge in [-0.05, 0) is 59.6 Å². The van der Waals surface area contributed by atoms with Crippen molar-refractivity contribution >= 4 is 28.5 Å². The standard InChI is InChI=1S/C24H23NO2/c1-3-16-8-10-17(11-9-16)14-18-12-15(2)13-20-22(24(26)27)19-6-4-5-7-21(19)25-23(18)20/h4-11,14-15H,3,12-13H2,1-2H3,(H,26,27)/b18-14+. The predicted octanol–water partition coefficient (Wildman–Crippen LogP) is 5.62. The van der Waals surface area contributed by atoms with Gasteiger partial charge in [-0.2, -0.15) is 0 Å². The van der Waals surface area contributed by atoms with Gasteiger partial charge in [-0.15, -0.1) is 0 Å². The number of hydrogen-bond acceptors (Lipinski definition) is 2. The lowest BCUT2D eigenvalue weighted by Gasteiger charge is -2.26. The number of hydrogen-bond donors (Lipinski definition) is 1. The van der Waals surface area contributed by atoms with Crippen LogP contribution in [0.1, 0.15) is 53.0 Å². The molecule has 0 saturated carbocycles.